The second-order valence-corrected chi connectivity index (χ2v) is 8.71. The van der Waals surface area contributed by atoms with Crippen LogP contribution in [0.15, 0.2) is 58.8 Å². The number of fused-ring (bicyclic) bond motifs is 1. The van der Waals surface area contributed by atoms with Gasteiger partial charge in [0.1, 0.15) is 11.9 Å². The number of nitrogens with zero attached hydrogens (tertiary/aromatic N) is 3. The number of hydrogen-bond acceptors (Lipinski definition) is 10. The Kier molecular flexibility index (Phi) is 7.44. The molecule has 40 heavy (non-hydrogen) atoms. The number of nitro groups is 1. The van der Waals surface area contributed by atoms with Gasteiger partial charge in [-0.2, -0.15) is 5.10 Å². The highest BCUT2D eigenvalue weighted by Gasteiger charge is 2.34. The van der Waals surface area contributed by atoms with Gasteiger partial charge in [-0.05, 0) is 29.8 Å². The number of halogens is 1. The second kappa shape index (κ2) is 11.3. The molecule has 0 saturated carbocycles. The summed E-state index contributed by atoms with van der Waals surface area (Å²) in [7, 11) is 2.95. The van der Waals surface area contributed by atoms with Gasteiger partial charge in [0.05, 0.1) is 31.1 Å². The van der Waals surface area contributed by atoms with Gasteiger partial charge < -0.3 is 23.8 Å². The van der Waals surface area contributed by atoms with Crippen LogP contribution in [0.25, 0.3) is 0 Å². The molecule has 5 rings (SSSR count). The van der Waals surface area contributed by atoms with Crippen LogP contribution in [-0.2, 0) is 11.3 Å². The van der Waals surface area contributed by atoms with Crippen molar-refractivity contribution in [3.8, 4) is 23.0 Å². The SMILES string of the molecule is COc1c(/C=N\NC(=O)c2ccc([N+](=O)[O-])cc2)c(C[C@@H]2CC(c3ccc(F)cc3)=NO2)c(OC)c2c1OCO2. The predicted octanol–water partition coefficient (Wildman–Crippen LogP) is 3.98. The van der Waals surface area contributed by atoms with Crippen LogP contribution in [-0.4, -0.2) is 49.9 Å². The monoisotopic (exact) mass is 550 g/mol. The van der Waals surface area contributed by atoms with Crippen LogP contribution in [0.4, 0.5) is 10.1 Å². The van der Waals surface area contributed by atoms with Gasteiger partial charge in [-0.15, -0.1) is 0 Å². The molecule has 12 nitrogen and oxygen atoms in total. The van der Waals surface area contributed by atoms with Crippen molar-refractivity contribution in [1.29, 1.82) is 0 Å². The Labute approximate surface area is 227 Å². The molecule has 3 aromatic carbocycles. The highest BCUT2D eigenvalue weighted by molar-refractivity contribution is 6.01. The summed E-state index contributed by atoms with van der Waals surface area (Å²) in [6, 6.07) is 11.1. The average Bonchev–Trinajstić information content (AvgIpc) is 3.64. The molecule has 1 atom stereocenters. The molecule has 0 aromatic heterocycles. The van der Waals surface area contributed by atoms with Crippen molar-refractivity contribution in [3.63, 3.8) is 0 Å². The third-order valence-corrected chi connectivity index (χ3v) is 6.32. The largest absolute Gasteiger partial charge is 0.492 e. The molecule has 13 heteroatoms. The third kappa shape index (κ3) is 5.21. The molecule has 0 radical (unpaired) electrons. The van der Waals surface area contributed by atoms with Crippen molar-refractivity contribution < 1.29 is 37.9 Å². The van der Waals surface area contributed by atoms with E-state index in [1.165, 1.54) is 56.8 Å². The van der Waals surface area contributed by atoms with Crippen LogP contribution in [0.3, 0.4) is 0 Å². The lowest BCUT2D eigenvalue weighted by atomic mass is 9.95. The molecule has 0 fully saturated rings. The number of rotatable bonds is 9. The minimum Gasteiger partial charge on any atom is -0.492 e. The highest BCUT2D eigenvalue weighted by atomic mass is 19.1. The maximum atomic E-state index is 13.4. The quantitative estimate of drug-likeness (QED) is 0.239. The molecule has 2 heterocycles. The summed E-state index contributed by atoms with van der Waals surface area (Å²) in [4.78, 5) is 28.6. The Bertz CT molecular complexity index is 1510. The Morgan fingerprint density at radius 2 is 1.80 bits per heavy atom. The number of non-ortho nitro benzene ring substituents is 1. The van der Waals surface area contributed by atoms with Crippen molar-refractivity contribution >= 4 is 23.5 Å². The molecule has 0 saturated heterocycles. The molecule has 0 bridgehead atoms. The molecule has 0 spiro atoms. The third-order valence-electron chi connectivity index (χ3n) is 6.32. The lowest BCUT2D eigenvalue weighted by Gasteiger charge is -2.19. The average molecular weight is 550 g/mol. The molecule has 0 aliphatic carbocycles. The molecule has 3 aromatic rings. The van der Waals surface area contributed by atoms with Gasteiger partial charge in [0, 0.05) is 41.7 Å². The van der Waals surface area contributed by atoms with Gasteiger partial charge in [0.25, 0.3) is 11.6 Å². The van der Waals surface area contributed by atoms with E-state index in [1.54, 1.807) is 12.1 Å². The van der Waals surface area contributed by atoms with Gasteiger partial charge in [-0.25, -0.2) is 9.82 Å². The van der Waals surface area contributed by atoms with Crippen molar-refractivity contribution in [2.24, 2.45) is 10.3 Å². The first-order chi connectivity index (χ1) is 19.4. The van der Waals surface area contributed by atoms with Crippen LogP contribution in [0, 0.1) is 15.9 Å². The van der Waals surface area contributed by atoms with E-state index in [0.717, 1.165) is 5.56 Å². The maximum Gasteiger partial charge on any atom is 0.271 e. The molecular formula is C27H23FN4O8. The van der Waals surface area contributed by atoms with E-state index in [0.29, 0.717) is 52.7 Å². The topological polar surface area (TPSA) is 143 Å². The van der Waals surface area contributed by atoms with Crippen LogP contribution < -0.4 is 24.4 Å². The molecular weight excluding hydrogens is 527 g/mol. The molecule has 206 valence electrons. The molecule has 1 amide bonds. The lowest BCUT2D eigenvalue weighted by molar-refractivity contribution is -0.384. The summed E-state index contributed by atoms with van der Waals surface area (Å²) in [5, 5.41) is 19.2. The second-order valence-electron chi connectivity index (χ2n) is 8.71. The zero-order chi connectivity index (χ0) is 28.2. The fourth-order valence-corrected chi connectivity index (χ4v) is 4.43. The molecule has 0 unspecified atom stereocenters. The Morgan fingerprint density at radius 1 is 1.12 bits per heavy atom. The van der Waals surface area contributed by atoms with E-state index in [9.17, 15) is 19.3 Å². The fourth-order valence-electron chi connectivity index (χ4n) is 4.43. The maximum absolute atomic E-state index is 13.4. The standard InChI is InChI=1S/C27H23FN4O8/c1-36-23-20(11-19-12-22(31-40-19)15-3-7-17(28)8-4-15)21(24(37-2)26-25(23)38-14-39-26)13-29-30-27(33)16-5-9-18(10-6-16)32(34)35/h3-10,13,19H,11-12,14H2,1-2H3,(H,30,33)/b29-13-/t19-/m1/s1. The van der Waals surface area contributed by atoms with Crippen LogP contribution in [0.2, 0.25) is 0 Å². The fraction of sp³-hybridized carbons (Fsp3) is 0.222. The Morgan fingerprint density at radius 3 is 2.45 bits per heavy atom. The molecule has 2 aliphatic rings. The lowest BCUT2D eigenvalue weighted by Crippen LogP contribution is -2.18. The van der Waals surface area contributed by atoms with Crippen LogP contribution in [0.1, 0.15) is 33.5 Å². The number of oxime groups is 1. The van der Waals surface area contributed by atoms with Crippen molar-refractivity contribution in [3.05, 3.63) is 86.7 Å². The van der Waals surface area contributed by atoms with Gasteiger partial charge in [-0.1, -0.05) is 17.3 Å². The Balaban J connectivity index is 1.42. The summed E-state index contributed by atoms with van der Waals surface area (Å²) >= 11 is 0. The summed E-state index contributed by atoms with van der Waals surface area (Å²) in [5.74, 6) is 0.461. The van der Waals surface area contributed by atoms with Crippen molar-refractivity contribution in [2.45, 2.75) is 18.9 Å². The predicted molar refractivity (Wildman–Crippen MR) is 140 cm³/mol. The summed E-state index contributed by atoms with van der Waals surface area (Å²) in [6.07, 6.45) is 1.72. The van der Waals surface area contributed by atoms with Crippen LogP contribution >= 0.6 is 0 Å². The normalized spacial score (nSPS) is 15.5. The van der Waals surface area contributed by atoms with Gasteiger partial charge in [-0.3, -0.25) is 14.9 Å². The molecule has 1 N–H and O–H groups in total. The van der Waals surface area contributed by atoms with E-state index >= 15 is 0 Å². The number of amides is 1. The Hall–Kier alpha value is -5.20. The first kappa shape index (κ1) is 26.4. The van der Waals surface area contributed by atoms with E-state index in [-0.39, 0.29) is 23.9 Å². The first-order valence-corrected chi connectivity index (χ1v) is 12.0. The van der Waals surface area contributed by atoms with E-state index in [2.05, 4.69) is 15.7 Å². The summed E-state index contributed by atoms with van der Waals surface area (Å²) in [5.41, 5.74) is 4.93. The first-order valence-electron chi connectivity index (χ1n) is 12.0. The highest BCUT2D eigenvalue weighted by Crippen LogP contribution is 2.52. The number of hydrazone groups is 1. The zero-order valence-corrected chi connectivity index (χ0v) is 21.4. The number of benzene rings is 3. The van der Waals surface area contributed by atoms with Crippen molar-refractivity contribution in [1.82, 2.24) is 5.43 Å². The zero-order valence-electron chi connectivity index (χ0n) is 21.4. The number of ether oxygens (including phenoxy) is 4. The van der Waals surface area contributed by atoms with E-state index in [1.807, 2.05) is 0 Å². The number of nitrogens with one attached hydrogen (secondary N) is 1. The van der Waals surface area contributed by atoms with Gasteiger partial charge >= 0.3 is 0 Å². The molecule has 2 aliphatic heterocycles. The summed E-state index contributed by atoms with van der Waals surface area (Å²) in [6.45, 7) is -0.0449. The van der Waals surface area contributed by atoms with Gasteiger partial charge in [0.15, 0.2) is 11.5 Å². The smallest absolute Gasteiger partial charge is 0.271 e. The van der Waals surface area contributed by atoms with Crippen LogP contribution in [0.5, 0.6) is 23.0 Å². The minimum absolute atomic E-state index is 0.0449. The van der Waals surface area contributed by atoms with Gasteiger partial charge in [0.2, 0.25) is 18.3 Å². The number of methoxy groups -OCH3 is 2. The van der Waals surface area contributed by atoms with E-state index < -0.39 is 16.9 Å². The minimum atomic E-state index is -0.573. The summed E-state index contributed by atoms with van der Waals surface area (Å²) < 4.78 is 36.0. The number of carbonyl (C=O) groups excluding carboxylic acids is 1. The number of nitro benzene ring substituents is 1. The number of hydrogen-bond donors (Lipinski definition) is 1. The van der Waals surface area contributed by atoms with E-state index in [4.69, 9.17) is 23.8 Å². The number of carbonyl (C=O) groups is 1. The van der Waals surface area contributed by atoms with Crippen molar-refractivity contribution in [2.75, 3.05) is 21.0 Å².